The van der Waals surface area contributed by atoms with Crippen LogP contribution in [0.1, 0.15) is 25.3 Å². The summed E-state index contributed by atoms with van der Waals surface area (Å²) in [4.78, 5) is 2.45. The minimum Gasteiger partial charge on any atom is -0.399 e. The summed E-state index contributed by atoms with van der Waals surface area (Å²) >= 11 is 0. The average molecular weight is 234 g/mol. The molecule has 0 radical (unpaired) electrons. The molecule has 0 amide bonds. The van der Waals surface area contributed by atoms with E-state index in [2.05, 4.69) is 17.0 Å². The van der Waals surface area contributed by atoms with Gasteiger partial charge in [0, 0.05) is 12.2 Å². The molecule has 0 spiro atoms. The molecule has 1 heterocycles. The molecule has 1 aromatic rings. The third-order valence-corrected chi connectivity index (χ3v) is 3.70. The number of piperidine rings is 1. The fourth-order valence-electron chi connectivity index (χ4n) is 2.47. The second kappa shape index (κ2) is 5.52. The lowest BCUT2D eigenvalue weighted by Gasteiger charge is -2.33. The van der Waals surface area contributed by atoms with Gasteiger partial charge in [-0.1, -0.05) is 12.1 Å². The van der Waals surface area contributed by atoms with Crippen molar-refractivity contribution in [2.75, 3.05) is 18.8 Å². The fraction of sp³-hybridized carbons (Fsp3) is 0.571. The largest absolute Gasteiger partial charge is 0.399 e. The summed E-state index contributed by atoms with van der Waals surface area (Å²) in [6.07, 6.45) is 2.05. The van der Waals surface area contributed by atoms with Gasteiger partial charge in [-0.3, -0.25) is 4.90 Å². The van der Waals surface area contributed by atoms with E-state index in [4.69, 9.17) is 5.73 Å². The standard InChI is InChI=1S/C14H22N2O/c1-11(17)13-6-8-16(9-7-13)10-12-2-4-14(15)5-3-12/h2-5,11,13,17H,6-10,15H2,1H3. The summed E-state index contributed by atoms with van der Waals surface area (Å²) in [7, 11) is 0. The highest BCUT2D eigenvalue weighted by atomic mass is 16.3. The molecule has 1 aromatic carbocycles. The van der Waals surface area contributed by atoms with Crippen LogP contribution in [0.25, 0.3) is 0 Å². The highest BCUT2D eigenvalue weighted by Crippen LogP contribution is 2.21. The lowest BCUT2D eigenvalue weighted by Crippen LogP contribution is -2.36. The van der Waals surface area contributed by atoms with Gasteiger partial charge in [0.05, 0.1) is 6.10 Å². The summed E-state index contributed by atoms with van der Waals surface area (Å²) in [6, 6.07) is 8.10. The Morgan fingerprint density at radius 3 is 2.41 bits per heavy atom. The van der Waals surface area contributed by atoms with Crippen LogP contribution >= 0.6 is 0 Å². The van der Waals surface area contributed by atoms with E-state index in [1.807, 2.05) is 19.1 Å². The second-order valence-corrected chi connectivity index (χ2v) is 5.10. The fourth-order valence-corrected chi connectivity index (χ4v) is 2.47. The lowest BCUT2D eigenvalue weighted by atomic mass is 9.92. The number of likely N-dealkylation sites (tertiary alicyclic amines) is 1. The molecule has 1 aliphatic rings. The topological polar surface area (TPSA) is 49.5 Å². The van der Waals surface area contributed by atoms with E-state index in [9.17, 15) is 5.11 Å². The van der Waals surface area contributed by atoms with Crippen molar-refractivity contribution in [1.82, 2.24) is 4.90 Å². The first kappa shape index (κ1) is 12.4. The Morgan fingerprint density at radius 1 is 1.29 bits per heavy atom. The summed E-state index contributed by atoms with van der Waals surface area (Å²) in [6.45, 7) is 5.06. The van der Waals surface area contributed by atoms with E-state index in [1.54, 1.807) is 0 Å². The van der Waals surface area contributed by atoms with Gasteiger partial charge in [0.25, 0.3) is 0 Å². The van der Waals surface area contributed by atoms with Gasteiger partial charge in [0.2, 0.25) is 0 Å². The van der Waals surface area contributed by atoms with Crippen molar-refractivity contribution in [3.05, 3.63) is 29.8 Å². The first-order chi connectivity index (χ1) is 8.15. The van der Waals surface area contributed by atoms with E-state index in [0.717, 1.165) is 38.2 Å². The number of anilines is 1. The Bertz CT molecular complexity index is 340. The Morgan fingerprint density at radius 2 is 1.88 bits per heavy atom. The molecule has 0 aromatic heterocycles. The van der Waals surface area contributed by atoms with Crippen molar-refractivity contribution in [3.8, 4) is 0 Å². The number of hydrogen-bond acceptors (Lipinski definition) is 3. The molecule has 3 N–H and O–H groups in total. The van der Waals surface area contributed by atoms with Crippen LogP contribution in [-0.2, 0) is 6.54 Å². The van der Waals surface area contributed by atoms with E-state index in [0.29, 0.717) is 5.92 Å². The number of nitrogen functional groups attached to an aromatic ring is 1. The van der Waals surface area contributed by atoms with Crippen LogP contribution in [0.5, 0.6) is 0 Å². The molecule has 3 heteroatoms. The maximum absolute atomic E-state index is 9.55. The maximum Gasteiger partial charge on any atom is 0.0541 e. The van der Waals surface area contributed by atoms with Gasteiger partial charge in [0.15, 0.2) is 0 Å². The molecule has 0 aliphatic carbocycles. The zero-order valence-electron chi connectivity index (χ0n) is 10.5. The van der Waals surface area contributed by atoms with Gasteiger partial charge >= 0.3 is 0 Å². The van der Waals surface area contributed by atoms with Crippen molar-refractivity contribution in [3.63, 3.8) is 0 Å². The normalized spacial score (nSPS) is 20.4. The second-order valence-electron chi connectivity index (χ2n) is 5.10. The summed E-state index contributed by atoms with van der Waals surface area (Å²) < 4.78 is 0. The SMILES string of the molecule is CC(O)C1CCN(Cc2ccc(N)cc2)CC1. The molecule has 17 heavy (non-hydrogen) atoms. The van der Waals surface area contributed by atoms with Crippen molar-refractivity contribution in [2.24, 2.45) is 5.92 Å². The molecule has 0 bridgehead atoms. The third-order valence-electron chi connectivity index (χ3n) is 3.70. The first-order valence-electron chi connectivity index (χ1n) is 6.40. The summed E-state index contributed by atoms with van der Waals surface area (Å²) in [5.41, 5.74) is 7.81. The Kier molecular flexibility index (Phi) is 4.02. The van der Waals surface area contributed by atoms with E-state index in [-0.39, 0.29) is 6.10 Å². The monoisotopic (exact) mass is 234 g/mol. The maximum atomic E-state index is 9.55. The van der Waals surface area contributed by atoms with Crippen molar-refractivity contribution >= 4 is 5.69 Å². The van der Waals surface area contributed by atoms with E-state index >= 15 is 0 Å². The number of hydrogen-bond donors (Lipinski definition) is 2. The van der Waals surface area contributed by atoms with Gasteiger partial charge < -0.3 is 10.8 Å². The van der Waals surface area contributed by atoms with Gasteiger partial charge in [-0.2, -0.15) is 0 Å². The van der Waals surface area contributed by atoms with Crippen LogP contribution in [0.15, 0.2) is 24.3 Å². The number of aliphatic hydroxyl groups is 1. The van der Waals surface area contributed by atoms with Crippen LogP contribution in [-0.4, -0.2) is 29.2 Å². The number of aliphatic hydroxyl groups excluding tert-OH is 1. The average Bonchev–Trinajstić information content (AvgIpc) is 2.33. The number of benzene rings is 1. The Labute approximate surface area is 103 Å². The number of rotatable bonds is 3. The lowest BCUT2D eigenvalue weighted by molar-refractivity contribution is 0.0695. The van der Waals surface area contributed by atoms with Gasteiger partial charge in [-0.15, -0.1) is 0 Å². The van der Waals surface area contributed by atoms with Crippen LogP contribution in [0.3, 0.4) is 0 Å². The summed E-state index contributed by atoms with van der Waals surface area (Å²) in [5, 5.41) is 9.55. The Balaban J connectivity index is 1.84. The van der Waals surface area contributed by atoms with Gasteiger partial charge in [0.1, 0.15) is 0 Å². The number of nitrogens with zero attached hydrogens (tertiary/aromatic N) is 1. The number of nitrogens with two attached hydrogens (primary N) is 1. The van der Waals surface area contributed by atoms with Crippen LogP contribution in [0, 0.1) is 5.92 Å². The first-order valence-corrected chi connectivity index (χ1v) is 6.40. The third kappa shape index (κ3) is 3.45. The van der Waals surface area contributed by atoms with E-state index < -0.39 is 0 Å². The molecule has 3 nitrogen and oxygen atoms in total. The molecule has 0 saturated carbocycles. The molecule has 1 fully saturated rings. The highest BCUT2D eigenvalue weighted by molar-refractivity contribution is 5.39. The highest BCUT2D eigenvalue weighted by Gasteiger charge is 2.22. The molecule has 2 rings (SSSR count). The minimum atomic E-state index is -0.159. The predicted molar refractivity (Wildman–Crippen MR) is 70.5 cm³/mol. The quantitative estimate of drug-likeness (QED) is 0.785. The minimum absolute atomic E-state index is 0.159. The zero-order chi connectivity index (χ0) is 12.3. The molecule has 1 unspecified atom stereocenters. The van der Waals surface area contributed by atoms with Crippen molar-refractivity contribution < 1.29 is 5.11 Å². The smallest absolute Gasteiger partial charge is 0.0541 e. The summed E-state index contributed by atoms with van der Waals surface area (Å²) in [5.74, 6) is 0.484. The molecule has 94 valence electrons. The van der Waals surface area contributed by atoms with Crippen LogP contribution in [0.2, 0.25) is 0 Å². The molecular weight excluding hydrogens is 212 g/mol. The van der Waals surface area contributed by atoms with Crippen LogP contribution in [0.4, 0.5) is 5.69 Å². The van der Waals surface area contributed by atoms with Gasteiger partial charge in [-0.05, 0) is 56.5 Å². The molecular formula is C14H22N2O. The Hall–Kier alpha value is -1.06. The predicted octanol–water partition coefficient (Wildman–Crippen LogP) is 1.86. The zero-order valence-corrected chi connectivity index (χ0v) is 10.5. The molecule has 1 saturated heterocycles. The van der Waals surface area contributed by atoms with Crippen LogP contribution < -0.4 is 5.73 Å². The molecule has 1 atom stereocenters. The van der Waals surface area contributed by atoms with E-state index in [1.165, 1.54) is 5.56 Å². The van der Waals surface area contributed by atoms with Crippen molar-refractivity contribution in [2.45, 2.75) is 32.4 Å². The molecule has 1 aliphatic heterocycles. The van der Waals surface area contributed by atoms with Gasteiger partial charge in [-0.25, -0.2) is 0 Å². The van der Waals surface area contributed by atoms with Crippen molar-refractivity contribution in [1.29, 1.82) is 0 Å².